The van der Waals surface area contributed by atoms with Gasteiger partial charge >= 0.3 is 5.97 Å². The first-order chi connectivity index (χ1) is 8.06. The summed E-state index contributed by atoms with van der Waals surface area (Å²) in [5, 5.41) is 8.64. The van der Waals surface area contributed by atoms with Gasteiger partial charge in [0.2, 0.25) is 0 Å². The minimum Gasteiger partial charge on any atom is -0.481 e. The van der Waals surface area contributed by atoms with Crippen molar-refractivity contribution in [1.82, 2.24) is 9.97 Å². The van der Waals surface area contributed by atoms with Gasteiger partial charge in [-0.2, -0.15) is 0 Å². The number of rotatable bonds is 3. The highest BCUT2D eigenvalue weighted by Crippen LogP contribution is 2.15. The van der Waals surface area contributed by atoms with Crippen LogP contribution >= 0.6 is 0 Å². The maximum absolute atomic E-state index is 10.5. The fraction of sp³-hybridized carbons (Fsp3) is 0.308. The highest BCUT2D eigenvalue weighted by Gasteiger charge is 2.04. The van der Waals surface area contributed by atoms with E-state index in [1.165, 1.54) is 0 Å². The maximum Gasteiger partial charge on any atom is 0.303 e. The molecule has 0 bridgehead atoms. The molecule has 0 aliphatic carbocycles. The lowest BCUT2D eigenvalue weighted by Crippen LogP contribution is -1.98. The van der Waals surface area contributed by atoms with Crippen LogP contribution in [0, 0.1) is 13.8 Å². The Morgan fingerprint density at radius 2 is 1.82 bits per heavy atom. The lowest BCUT2D eigenvalue weighted by atomic mass is 10.1. The highest BCUT2D eigenvalue weighted by atomic mass is 16.4. The summed E-state index contributed by atoms with van der Waals surface area (Å²) in [6, 6.07) is 5.72. The maximum atomic E-state index is 10.5. The molecule has 0 saturated heterocycles. The van der Waals surface area contributed by atoms with Crippen LogP contribution < -0.4 is 0 Å². The lowest BCUT2D eigenvalue weighted by Gasteiger charge is -2.04. The number of carboxylic acid groups (broad SMARTS) is 1. The Labute approximate surface area is 99.3 Å². The minimum atomic E-state index is -0.781. The van der Waals surface area contributed by atoms with Crippen molar-refractivity contribution in [2.24, 2.45) is 0 Å². The van der Waals surface area contributed by atoms with E-state index in [4.69, 9.17) is 5.11 Å². The van der Waals surface area contributed by atoms with Gasteiger partial charge in [0.05, 0.1) is 22.4 Å². The molecule has 88 valence electrons. The third-order valence-electron chi connectivity index (χ3n) is 2.77. The van der Waals surface area contributed by atoms with Gasteiger partial charge in [-0.25, -0.2) is 9.97 Å². The van der Waals surface area contributed by atoms with E-state index in [-0.39, 0.29) is 6.42 Å². The van der Waals surface area contributed by atoms with Crippen molar-refractivity contribution in [1.29, 1.82) is 0 Å². The molecular weight excluding hydrogens is 216 g/mol. The third-order valence-corrected chi connectivity index (χ3v) is 2.77. The van der Waals surface area contributed by atoms with Crippen LogP contribution in [-0.2, 0) is 11.2 Å². The van der Waals surface area contributed by atoms with Gasteiger partial charge in [-0.1, -0.05) is 6.07 Å². The van der Waals surface area contributed by atoms with Gasteiger partial charge in [0, 0.05) is 6.42 Å². The summed E-state index contributed by atoms with van der Waals surface area (Å²) < 4.78 is 0. The first kappa shape index (κ1) is 11.5. The minimum absolute atomic E-state index is 0.143. The third kappa shape index (κ3) is 2.58. The quantitative estimate of drug-likeness (QED) is 0.878. The average molecular weight is 230 g/mol. The van der Waals surface area contributed by atoms with Crippen LogP contribution in [0.3, 0.4) is 0 Å². The molecule has 1 aromatic heterocycles. The summed E-state index contributed by atoms with van der Waals surface area (Å²) in [5.41, 5.74) is 4.50. The molecular formula is C13H14N2O2. The predicted molar refractivity (Wildman–Crippen MR) is 65.0 cm³/mol. The van der Waals surface area contributed by atoms with E-state index in [9.17, 15) is 4.79 Å². The van der Waals surface area contributed by atoms with E-state index in [0.29, 0.717) is 6.42 Å². The summed E-state index contributed by atoms with van der Waals surface area (Å²) >= 11 is 0. The second-order valence-corrected chi connectivity index (χ2v) is 4.11. The molecule has 4 heteroatoms. The second-order valence-electron chi connectivity index (χ2n) is 4.11. The molecule has 0 amide bonds. The topological polar surface area (TPSA) is 63.1 Å². The SMILES string of the molecule is Cc1nc2ccc(CCC(=O)O)cc2nc1C. The van der Waals surface area contributed by atoms with Crippen molar-refractivity contribution in [2.75, 3.05) is 0 Å². The fourth-order valence-corrected chi connectivity index (χ4v) is 1.68. The first-order valence-corrected chi connectivity index (χ1v) is 5.52. The summed E-state index contributed by atoms with van der Waals surface area (Å²) in [5.74, 6) is -0.781. The molecule has 1 N–H and O–H groups in total. The Kier molecular flexibility index (Phi) is 3.04. The zero-order chi connectivity index (χ0) is 12.4. The fourth-order valence-electron chi connectivity index (χ4n) is 1.68. The van der Waals surface area contributed by atoms with Crippen LogP contribution in [0.4, 0.5) is 0 Å². The van der Waals surface area contributed by atoms with Crippen LogP contribution in [0.1, 0.15) is 23.4 Å². The Bertz CT molecular complexity index is 579. The second kappa shape index (κ2) is 4.49. The van der Waals surface area contributed by atoms with Crippen molar-refractivity contribution in [2.45, 2.75) is 26.7 Å². The standard InChI is InChI=1S/C13H14N2O2/c1-8-9(2)15-12-7-10(4-6-13(16)17)3-5-11(12)14-8/h3,5,7H,4,6H2,1-2H3,(H,16,17). The molecule has 0 unspecified atom stereocenters. The van der Waals surface area contributed by atoms with Crippen LogP contribution in [0.5, 0.6) is 0 Å². The molecule has 1 heterocycles. The molecule has 0 saturated carbocycles. The van der Waals surface area contributed by atoms with Gasteiger partial charge < -0.3 is 5.11 Å². The van der Waals surface area contributed by atoms with E-state index < -0.39 is 5.97 Å². The van der Waals surface area contributed by atoms with Crippen molar-refractivity contribution in [3.05, 3.63) is 35.2 Å². The Hall–Kier alpha value is -1.97. The van der Waals surface area contributed by atoms with E-state index in [1.54, 1.807) is 0 Å². The van der Waals surface area contributed by atoms with Gasteiger partial charge in [0.15, 0.2) is 0 Å². The number of hydrogen-bond acceptors (Lipinski definition) is 3. The summed E-state index contributed by atoms with van der Waals surface area (Å²) in [6.07, 6.45) is 0.670. The van der Waals surface area contributed by atoms with Gasteiger partial charge in [0.25, 0.3) is 0 Å². The number of fused-ring (bicyclic) bond motifs is 1. The van der Waals surface area contributed by atoms with Crippen molar-refractivity contribution in [3.8, 4) is 0 Å². The lowest BCUT2D eigenvalue weighted by molar-refractivity contribution is -0.136. The Morgan fingerprint density at radius 1 is 1.18 bits per heavy atom. The number of aromatic nitrogens is 2. The number of nitrogens with zero attached hydrogens (tertiary/aromatic N) is 2. The number of aryl methyl sites for hydroxylation is 3. The number of aliphatic carboxylic acids is 1. The molecule has 4 nitrogen and oxygen atoms in total. The number of hydrogen-bond donors (Lipinski definition) is 1. The van der Waals surface area contributed by atoms with Gasteiger partial charge in [-0.15, -0.1) is 0 Å². The molecule has 0 radical (unpaired) electrons. The molecule has 0 atom stereocenters. The zero-order valence-electron chi connectivity index (χ0n) is 9.90. The van der Waals surface area contributed by atoms with Crippen molar-refractivity contribution < 1.29 is 9.90 Å². The molecule has 0 spiro atoms. The number of benzene rings is 1. The van der Waals surface area contributed by atoms with Crippen molar-refractivity contribution >= 4 is 17.0 Å². The predicted octanol–water partition coefficient (Wildman–Crippen LogP) is 2.26. The molecule has 1 aromatic carbocycles. The normalized spacial score (nSPS) is 10.7. The Balaban J connectivity index is 2.36. The van der Waals surface area contributed by atoms with Crippen LogP contribution in [0.2, 0.25) is 0 Å². The smallest absolute Gasteiger partial charge is 0.303 e. The molecule has 0 aliphatic rings. The molecule has 2 rings (SSSR count). The van der Waals surface area contributed by atoms with Crippen LogP contribution in [-0.4, -0.2) is 21.0 Å². The van der Waals surface area contributed by atoms with Gasteiger partial charge in [-0.05, 0) is 38.0 Å². The monoisotopic (exact) mass is 230 g/mol. The van der Waals surface area contributed by atoms with Crippen molar-refractivity contribution in [3.63, 3.8) is 0 Å². The largest absolute Gasteiger partial charge is 0.481 e. The summed E-state index contributed by atoms with van der Waals surface area (Å²) in [4.78, 5) is 19.4. The Morgan fingerprint density at radius 3 is 2.47 bits per heavy atom. The van der Waals surface area contributed by atoms with Gasteiger partial charge in [-0.3, -0.25) is 4.79 Å². The molecule has 0 fully saturated rings. The highest BCUT2D eigenvalue weighted by molar-refractivity contribution is 5.75. The number of carboxylic acids is 1. The summed E-state index contributed by atoms with van der Waals surface area (Å²) in [7, 11) is 0. The zero-order valence-corrected chi connectivity index (χ0v) is 9.90. The van der Waals surface area contributed by atoms with Crippen LogP contribution in [0.25, 0.3) is 11.0 Å². The first-order valence-electron chi connectivity index (χ1n) is 5.52. The van der Waals surface area contributed by atoms with E-state index in [0.717, 1.165) is 28.0 Å². The van der Waals surface area contributed by atoms with E-state index in [1.807, 2.05) is 32.0 Å². The molecule has 17 heavy (non-hydrogen) atoms. The van der Waals surface area contributed by atoms with Gasteiger partial charge in [0.1, 0.15) is 0 Å². The van der Waals surface area contributed by atoms with Crippen LogP contribution in [0.15, 0.2) is 18.2 Å². The van der Waals surface area contributed by atoms with E-state index >= 15 is 0 Å². The summed E-state index contributed by atoms with van der Waals surface area (Å²) in [6.45, 7) is 3.85. The number of carbonyl (C=O) groups is 1. The van der Waals surface area contributed by atoms with E-state index in [2.05, 4.69) is 9.97 Å². The molecule has 0 aliphatic heterocycles. The average Bonchev–Trinajstić information content (AvgIpc) is 2.28. The molecule has 2 aromatic rings.